The predicted molar refractivity (Wildman–Crippen MR) is 121 cm³/mol. The monoisotopic (exact) mass is 441 g/mol. The first-order valence-electron chi connectivity index (χ1n) is 10.1. The van der Waals surface area contributed by atoms with E-state index in [1.54, 1.807) is 16.2 Å². The van der Waals surface area contributed by atoms with E-state index < -0.39 is 0 Å². The molecule has 0 bridgehead atoms. The number of carbonyl (C=O) groups is 1. The summed E-state index contributed by atoms with van der Waals surface area (Å²) in [5.41, 5.74) is 2.77. The second kappa shape index (κ2) is 8.70. The molecule has 0 saturated carbocycles. The Kier molecular flexibility index (Phi) is 6.01. The molecule has 0 N–H and O–H groups in total. The Hall–Kier alpha value is -2.51. The first-order chi connectivity index (χ1) is 14.5. The first kappa shape index (κ1) is 20.8. The van der Waals surface area contributed by atoms with Gasteiger partial charge in [-0.15, -0.1) is 21.5 Å². The van der Waals surface area contributed by atoms with E-state index >= 15 is 0 Å². The van der Waals surface area contributed by atoms with Gasteiger partial charge in [-0.3, -0.25) is 14.4 Å². The number of aliphatic imine (C=N–C) groups is 1. The van der Waals surface area contributed by atoms with Crippen LogP contribution in [0.5, 0.6) is 0 Å². The van der Waals surface area contributed by atoms with Gasteiger partial charge in [0.15, 0.2) is 5.82 Å². The average molecular weight is 442 g/mol. The van der Waals surface area contributed by atoms with E-state index in [1.807, 2.05) is 38.2 Å². The molecule has 6 nitrogen and oxygen atoms in total. The highest BCUT2D eigenvalue weighted by Gasteiger charge is 2.25. The maximum Gasteiger partial charge on any atom is 0.222 e. The molecule has 0 radical (unpaired) electrons. The second-order valence-corrected chi connectivity index (χ2v) is 8.91. The van der Waals surface area contributed by atoms with Gasteiger partial charge in [-0.1, -0.05) is 36.7 Å². The van der Waals surface area contributed by atoms with Crippen molar-refractivity contribution in [3.63, 3.8) is 0 Å². The lowest BCUT2D eigenvalue weighted by molar-refractivity contribution is -0.129. The molecule has 3 aromatic rings. The van der Waals surface area contributed by atoms with Gasteiger partial charge in [0, 0.05) is 41.0 Å². The summed E-state index contributed by atoms with van der Waals surface area (Å²) in [7, 11) is 1.87. The molecule has 156 valence electrons. The Morgan fingerprint density at radius 3 is 2.83 bits per heavy atom. The molecule has 2 aromatic heterocycles. The van der Waals surface area contributed by atoms with Gasteiger partial charge >= 0.3 is 0 Å². The molecule has 1 amide bonds. The molecule has 3 heterocycles. The maximum atomic E-state index is 12.4. The van der Waals surface area contributed by atoms with E-state index in [-0.39, 0.29) is 5.91 Å². The topological polar surface area (TPSA) is 63.4 Å². The van der Waals surface area contributed by atoms with Crippen LogP contribution in [0.3, 0.4) is 0 Å². The molecule has 0 aliphatic carbocycles. The minimum Gasteiger partial charge on any atom is -0.346 e. The van der Waals surface area contributed by atoms with Crippen LogP contribution < -0.4 is 0 Å². The van der Waals surface area contributed by atoms with Crippen molar-refractivity contribution in [3.05, 3.63) is 63.0 Å². The molecule has 8 heteroatoms. The fourth-order valence-electron chi connectivity index (χ4n) is 3.66. The molecule has 1 aliphatic heterocycles. The van der Waals surface area contributed by atoms with Crippen molar-refractivity contribution in [1.82, 2.24) is 19.7 Å². The summed E-state index contributed by atoms with van der Waals surface area (Å²) in [6.45, 7) is 5.25. The summed E-state index contributed by atoms with van der Waals surface area (Å²) in [6, 6.07) is 9.90. The fourth-order valence-corrected chi connectivity index (χ4v) is 5.11. The lowest BCUT2D eigenvalue weighted by Crippen LogP contribution is -2.27. The van der Waals surface area contributed by atoms with Gasteiger partial charge in [0.2, 0.25) is 5.91 Å². The van der Waals surface area contributed by atoms with Gasteiger partial charge in [-0.05, 0) is 31.9 Å². The number of benzene rings is 1. The molecule has 0 saturated heterocycles. The zero-order valence-corrected chi connectivity index (χ0v) is 18.9. The zero-order chi connectivity index (χ0) is 21.3. The largest absolute Gasteiger partial charge is 0.346 e. The molecule has 0 spiro atoms. The number of halogens is 1. The van der Waals surface area contributed by atoms with Gasteiger partial charge in [-0.25, -0.2) is 0 Å². The van der Waals surface area contributed by atoms with Crippen molar-refractivity contribution < 1.29 is 4.79 Å². The van der Waals surface area contributed by atoms with Crippen molar-refractivity contribution in [2.75, 3.05) is 13.6 Å². The third-order valence-corrected chi connectivity index (χ3v) is 6.70. The van der Waals surface area contributed by atoms with E-state index in [1.165, 1.54) is 0 Å². The van der Waals surface area contributed by atoms with Crippen molar-refractivity contribution in [1.29, 1.82) is 0 Å². The highest BCUT2D eigenvalue weighted by molar-refractivity contribution is 7.15. The number of aromatic nitrogens is 3. The Labute approximate surface area is 185 Å². The molecular weight excluding hydrogens is 418 g/mol. The second-order valence-electron chi connectivity index (χ2n) is 7.39. The van der Waals surface area contributed by atoms with E-state index in [0.717, 1.165) is 51.3 Å². The van der Waals surface area contributed by atoms with E-state index in [4.69, 9.17) is 16.6 Å². The number of amides is 1. The normalized spacial score (nSPS) is 12.7. The number of nitrogens with zero attached hydrogens (tertiary/aromatic N) is 5. The van der Waals surface area contributed by atoms with Crippen molar-refractivity contribution in [2.45, 2.75) is 39.7 Å². The molecule has 30 heavy (non-hydrogen) atoms. The molecular formula is C22H24ClN5OS. The van der Waals surface area contributed by atoms with Crippen LogP contribution in [-0.4, -0.2) is 44.9 Å². The number of fused-ring (bicyclic) bond motifs is 3. The quantitative estimate of drug-likeness (QED) is 0.568. The summed E-state index contributed by atoms with van der Waals surface area (Å²) in [6.07, 6.45) is 2.14. The van der Waals surface area contributed by atoms with Crippen LogP contribution in [0.4, 0.5) is 0 Å². The third kappa shape index (κ3) is 3.91. The minimum atomic E-state index is 0.168. The molecule has 1 aliphatic rings. The number of aryl methyl sites for hydroxylation is 2. The van der Waals surface area contributed by atoms with E-state index in [0.29, 0.717) is 24.4 Å². The smallest absolute Gasteiger partial charge is 0.222 e. The van der Waals surface area contributed by atoms with Crippen LogP contribution >= 0.6 is 22.9 Å². The zero-order valence-electron chi connectivity index (χ0n) is 17.4. The first-order valence-corrected chi connectivity index (χ1v) is 11.3. The summed E-state index contributed by atoms with van der Waals surface area (Å²) < 4.78 is 2.07. The minimum absolute atomic E-state index is 0.168. The number of rotatable bonds is 6. The molecule has 0 atom stereocenters. The lowest BCUT2D eigenvalue weighted by atomic mass is 10.0. The van der Waals surface area contributed by atoms with Crippen LogP contribution in [0, 0.1) is 6.92 Å². The molecule has 1 aromatic carbocycles. The van der Waals surface area contributed by atoms with Crippen molar-refractivity contribution in [3.8, 4) is 5.00 Å². The summed E-state index contributed by atoms with van der Waals surface area (Å²) in [4.78, 5) is 20.2. The SMILES string of the molecule is CCCN(C)C(=O)CCc1cc2c(s1)-n1c(C)nnc1CN=C2c1ccccc1Cl. The standard InChI is InChI=1S/C22H24ClN5OS/c1-4-11-27(3)20(29)10-9-15-12-17-21(16-7-5-6-8-18(16)23)24-13-19-26-25-14(2)28(19)22(17)30-15/h5-8,12H,4,9-11,13H2,1-3H3. The van der Waals surface area contributed by atoms with Crippen LogP contribution in [0.2, 0.25) is 5.02 Å². The Bertz CT molecular complexity index is 1120. The van der Waals surface area contributed by atoms with Crippen LogP contribution in [0.1, 0.15) is 47.4 Å². The van der Waals surface area contributed by atoms with E-state index in [2.05, 4.69) is 27.8 Å². The van der Waals surface area contributed by atoms with E-state index in [9.17, 15) is 4.79 Å². The maximum absolute atomic E-state index is 12.4. The Balaban J connectivity index is 1.72. The van der Waals surface area contributed by atoms with Crippen LogP contribution in [-0.2, 0) is 17.8 Å². The molecule has 4 rings (SSSR count). The molecule has 0 fully saturated rings. The Morgan fingerprint density at radius 1 is 1.27 bits per heavy atom. The van der Waals surface area contributed by atoms with Crippen LogP contribution in [0.15, 0.2) is 35.3 Å². The third-order valence-electron chi connectivity index (χ3n) is 5.19. The number of thiophene rings is 1. The summed E-state index contributed by atoms with van der Waals surface area (Å²) in [5, 5.41) is 10.3. The Morgan fingerprint density at radius 2 is 2.07 bits per heavy atom. The molecule has 0 unspecified atom stereocenters. The number of hydrogen-bond acceptors (Lipinski definition) is 5. The summed E-state index contributed by atoms with van der Waals surface area (Å²) in [5.74, 6) is 1.80. The van der Waals surface area contributed by atoms with Gasteiger partial charge in [0.25, 0.3) is 0 Å². The number of hydrogen-bond donors (Lipinski definition) is 0. The van der Waals surface area contributed by atoms with Gasteiger partial charge < -0.3 is 4.90 Å². The van der Waals surface area contributed by atoms with Gasteiger partial charge in [0.1, 0.15) is 17.4 Å². The van der Waals surface area contributed by atoms with Crippen molar-refractivity contribution >= 4 is 34.6 Å². The average Bonchev–Trinajstić information content (AvgIpc) is 3.27. The lowest BCUT2D eigenvalue weighted by Gasteiger charge is -2.15. The predicted octanol–water partition coefficient (Wildman–Crippen LogP) is 4.44. The fraction of sp³-hybridized carbons (Fsp3) is 0.364. The number of carbonyl (C=O) groups excluding carboxylic acids is 1. The van der Waals surface area contributed by atoms with Crippen molar-refractivity contribution in [2.24, 2.45) is 4.99 Å². The highest BCUT2D eigenvalue weighted by atomic mass is 35.5. The highest BCUT2D eigenvalue weighted by Crippen LogP contribution is 2.34. The van der Waals surface area contributed by atoms with Crippen LogP contribution in [0.25, 0.3) is 5.00 Å². The van der Waals surface area contributed by atoms with Gasteiger partial charge in [0.05, 0.1) is 5.71 Å². The summed E-state index contributed by atoms with van der Waals surface area (Å²) >= 11 is 8.18. The van der Waals surface area contributed by atoms with Gasteiger partial charge in [-0.2, -0.15) is 0 Å².